The van der Waals surface area contributed by atoms with E-state index in [0.29, 0.717) is 47.0 Å². The lowest BCUT2D eigenvalue weighted by Crippen LogP contribution is -2.62. The van der Waals surface area contributed by atoms with Crippen molar-refractivity contribution in [3.63, 3.8) is 0 Å². The molecule has 42 nitrogen and oxygen atoms in total. The van der Waals surface area contributed by atoms with E-state index >= 15 is 9.59 Å². The number of hydrogen-bond donors (Lipinski definition) is 22. The van der Waals surface area contributed by atoms with E-state index in [-0.39, 0.29) is 146 Å². The highest BCUT2D eigenvalue weighted by Gasteiger charge is 2.46. The lowest BCUT2D eigenvalue weighted by Gasteiger charge is -2.33. The Morgan fingerprint density at radius 3 is 1.41 bits per heavy atom. The molecule has 14 amide bonds. The molecule has 0 saturated carbocycles. The summed E-state index contributed by atoms with van der Waals surface area (Å²) in [7, 11) is 0. The summed E-state index contributed by atoms with van der Waals surface area (Å²) in [5.41, 5.74) is 19.3. The molecule has 0 spiro atoms. The number of amides is 14. The number of H-pyrrole nitrogens is 2. The van der Waals surface area contributed by atoms with Gasteiger partial charge in [-0.2, -0.15) is 0 Å². The average molecular weight is 1820 g/mol. The van der Waals surface area contributed by atoms with Gasteiger partial charge in [-0.25, -0.2) is 9.78 Å². The van der Waals surface area contributed by atoms with Gasteiger partial charge in [0.15, 0.2) is 11.9 Å². The van der Waals surface area contributed by atoms with Crippen molar-refractivity contribution in [1.82, 2.24) is 98.8 Å². The Kier molecular flexibility index (Phi) is 40.3. The first-order chi connectivity index (χ1) is 61.5. The van der Waals surface area contributed by atoms with Crippen molar-refractivity contribution in [2.45, 2.75) is 276 Å². The number of carboxylic acid groups (broad SMARTS) is 2. The minimum atomic E-state index is -1.57. The van der Waals surface area contributed by atoms with E-state index in [2.05, 4.69) is 84.1 Å². The second-order valence-corrected chi connectivity index (χ2v) is 35.7. The van der Waals surface area contributed by atoms with Crippen molar-refractivity contribution in [1.29, 1.82) is 10.8 Å². The summed E-state index contributed by atoms with van der Waals surface area (Å²) >= 11 is 0. The number of carbonyl (C=O) groups excluding carboxylic acids is 14. The number of carboxylic acids is 2. The SMILES string of the molecule is CC(C)C[C@H](NC(=O)[C@@H](NC(=O)[C@@H](NC(=O)[C@@H]1CCCN1C(=O)[C@H](CC(C)C)NC(=O)[C@H](C)NC(=O)[C@@H]1CCCN1C(=O)[C@H](CCCNC(=N)N)NC(=O)[C@H](Cc1c[nH]c2ccccc12)NC(=O)[C@H](CCCNC(=N)N)NC(=O)[C@@H](N)CC(=O)O)C(C)C)C(C)C)C(=O)N[C@@H](Cc1ccccc1)C(=O)N1CCC[C@H]1C(=O)N[C@@H](CC(C)C)C(=O)N[C@@H](Cc1cnc[nH]1)C(=O)O. The number of nitrogens with zero attached hydrogens (tertiary/aromatic N) is 4. The van der Waals surface area contributed by atoms with Gasteiger partial charge in [0.25, 0.3) is 0 Å². The summed E-state index contributed by atoms with van der Waals surface area (Å²) in [5, 5.41) is 70.8. The molecule has 25 N–H and O–H groups in total. The molecule has 130 heavy (non-hydrogen) atoms. The van der Waals surface area contributed by atoms with E-state index in [9.17, 15) is 77.3 Å². The molecule has 42 heteroatoms. The standard InChI is InChI=1S/C88H134N24O18/c1-46(2)36-60(76(119)107-65(86(129)130)41-54-44-94-45-98-54)103-79(122)67-29-20-34-111(67)85(128)64(39-52-22-13-12-14-23-52)106-75(118)61(37-47(3)4)104-81(124)70(49(7)8)109-82(125)71(50(9)10)108-80(123)68-30-21-35-112(68)84(127)63(38-48(5)6)105-72(115)51(11)99-78(121)66-28-19-33-110(66)83(126)59(27-18-32-96-88(92)93)101-77(120)62(40-53-43-97-57-25-16-15-24-55(53)57)102-74(117)58(26-17-31-95-87(90)91)100-73(116)56(89)42-69(113)114/h12-16,22-25,43-51,56,58-68,70-71,97H,17-21,26-42,89H2,1-11H3,(H,94,98)(H,99,121)(H,100,116)(H,101,120)(H,102,117)(H,103,122)(H,104,124)(H,105,115)(H,106,118)(H,107,119)(H,108,123)(H,109,125)(H,113,114)(H,129,130)(H4,90,91,95)(H4,92,93,96)/t51-,56-,58-,59-,60-,61-,62-,63-,64-,65-,66-,67-,68-,70-,71-/m0/s1. The van der Waals surface area contributed by atoms with Gasteiger partial charge in [-0.15, -0.1) is 0 Å². The number of aromatic amines is 2. The molecule has 0 radical (unpaired) electrons. The third-order valence-electron chi connectivity index (χ3n) is 22.9. The van der Waals surface area contributed by atoms with E-state index in [1.54, 1.807) is 88.5 Å². The number of aromatic nitrogens is 3. The lowest BCUT2D eigenvalue weighted by atomic mass is 9.97. The van der Waals surface area contributed by atoms with E-state index < -0.39 is 204 Å². The summed E-state index contributed by atoms with van der Waals surface area (Å²) in [5.74, 6) is -15.9. The molecule has 0 unspecified atom stereocenters. The maximum absolute atomic E-state index is 15.1. The van der Waals surface area contributed by atoms with Crippen molar-refractivity contribution in [2.24, 2.45) is 46.8 Å². The number of benzene rings is 2. The number of likely N-dealkylation sites (tertiary alicyclic amines) is 3. The fourth-order valence-electron chi connectivity index (χ4n) is 16.2. The molecule has 3 aliphatic heterocycles. The third-order valence-corrected chi connectivity index (χ3v) is 22.9. The number of guanidine groups is 2. The smallest absolute Gasteiger partial charge is 0.326 e. The van der Waals surface area contributed by atoms with E-state index in [1.165, 1.54) is 34.1 Å². The summed E-state index contributed by atoms with van der Waals surface area (Å²) in [6, 6.07) is -3.70. The van der Waals surface area contributed by atoms with Crippen molar-refractivity contribution < 1.29 is 86.9 Å². The van der Waals surface area contributed by atoms with Gasteiger partial charge in [-0.05, 0) is 137 Å². The topological polar surface area (TPSA) is 650 Å². The molecule has 15 atom stereocenters. The van der Waals surface area contributed by atoms with Gasteiger partial charge in [0.05, 0.1) is 18.8 Å². The molecule has 3 aliphatic rings. The normalized spacial score (nSPS) is 17.7. The minimum Gasteiger partial charge on any atom is -0.481 e. The molecule has 0 aliphatic carbocycles. The number of hydrogen-bond acceptors (Lipinski definition) is 20. The number of carbonyl (C=O) groups is 16. The summed E-state index contributed by atoms with van der Waals surface area (Å²) in [4.78, 5) is 241. The fraction of sp³-hybridized carbons (Fsp3) is 0.602. The zero-order valence-electron chi connectivity index (χ0n) is 76.0. The summed E-state index contributed by atoms with van der Waals surface area (Å²) in [6.45, 7) is 19.4. The highest BCUT2D eigenvalue weighted by atomic mass is 16.4. The number of para-hydroxylation sites is 1. The van der Waals surface area contributed by atoms with Gasteiger partial charge < -0.3 is 121 Å². The molecule has 2 aromatic heterocycles. The number of nitrogens with one attached hydrogen (secondary N) is 17. The number of rotatable bonds is 50. The van der Waals surface area contributed by atoms with Gasteiger partial charge in [-0.1, -0.05) is 118 Å². The minimum absolute atomic E-state index is 0.0204. The predicted octanol–water partition coefficient (Wildman–Crippen LogP) is -0.892. The van der Waals surface area contributed by atoms with E-state index in [4.69, 9.17) is 28.0 Å². The van der Waals surface area contributed by atoms with Crippen LogP contribution in [-0.2, 0) is 96.0 Å². The molecule has 0 bridgehead atoms. The second kappa shape index (κ2) is 50.2. The summed E-state index contributed by atoms with van der Waals surface area (Å²) < 4.78 is 0. The van der Waals surface area contributed by atoms with Crippen LogP contribution < -0.4 is 86.3 Å². The van der Waals surface area contributed by atoms with Crippen molar-refractivity contribution >= 4 is 117 Å². The molecular formula is C88H134N24O18. The second-order valence-electron chi connectivity index (χ2n) is 35.7. The Bertz CT molecular complexity index is 4600. The van der Waals surface area contributed by atoms with E-state index in [0.717, 1.165) is 0 Å². The Labute approximate surface area is 756 Å². The molecular weight excluding hydrogens is 1680 g/mol. The number of fused-ring (bicyclic) bond motifs is 1. The number of nitrogens with two attached hydrogens (primary N) is 3. The summed E-state index contributed by atoms with van der Waals surface area (Å²) in [6.07, 6.45) is 5.16. The van der Waals surface area contributed by atoms with Crippen LogP contribution in [0.1, 0.15) is 183 Å². The Morgan fingerprint density at radius 1 is 0.454 bits per heavy atom. The molecule has 2 aromatic carbocycles. The largest absolute Gasteiger partial charge is 0.481 e. The molecule has 3 fully saturated rings. The van der Waals surface area contributed by atoms with Crippen LogP contribution in [0.4, 0.5) is 0 Å². The predicted molar refractivity (Wildman–Crippen MR) is 480 cm³/mol. The first kappa shape index (κ1) is 104. The number of imidazole rings is 1. The quantitative estimate of drug-likeness (QED) is 0.0145. The van der Waals surface area contributed by atoms with Crippen LogP contribution in [0, 0.1) is 40.4 Å². The fourth-order valence-corrected chi connectivity index (χ4v) is 16.2. The monoisotopic (exact) mass is 1820 g/mol. The van der Waals surface area contributed by atoms with Crippen molar-refractivity contribution in [3.05, 3.63) is 90.1 Å². The highest BCUT2D eigenvalue weighted by Crippen LogP contribution is 2.27. The van der Waals surface area contributed by atoms with Crippen molar-refractivity contribution in [2.75, 3.05) is 32.7 Å². The van der Waals surface area contributed by atoms with Crippen LogP contribution in [0.25, 0.3) is 10.9 Å². The van der Waals surface area contributed by atoms with Gasteiger partial charge in [0.2, 0.25) is 82.7 Å². The van der Waals surface area contributed by atoms with Crippen molar-refractivity contribution in [3.8, 4) is 0 Å². The third kappa shape index (κ3) is 31.6. The van der Waals surface area contributed by atoms with Crippen LogP contribution in [0.2, 0.25) is 0 Å². The Hall–Kier alpha value is -12.8. The highest BCUT2D eigenvalue weighted by molar-refractivity contribution is 6.02. The van der Waals surface area contributed by atoms with Crippen LogP contribution in [0.3, 0.4) is 0 Å². The van der Waals surface area contributed by atoms with Gasteiger partial charge in [-0.3, -0.25) is 82.7 Å². The van der Waals surface area contributed by atoms with Gasteiger partial charge in [0, 0.05) is 81.0 Å². The number of aliphatic carboxylic acids is 2. The first-order valence-electron chi connectivity index (χ1n) is 44.7. The Balaban J connectivity index is 1.01. The van der Waals surface area contributed by atoms with Crippen LogP contribution in [0.5, 0.6) is 0 Å². The molecule has 3 saturated heterocycles. The van der Waals surface area contributed by atoms with Crippen LogP contribution >= 0.6 is 0 Å². The molecule has 5 heterocycles. The molecule has 4 aromatic rings. The van der Waals surface area contributed by atoms with Gasteiger partial charge in [0.1, 0.15) is 84.6 Å². The zero-order valence-corrected chi connectivity index (χ0v) is 76.0. The molecule has 7 rings (SSSR count). The van der Waals surface area contributed by atoms with Crippen LogP contribution in [0.15, 0.2) is 73.3 Å². The zero-order chi connectivity index (χ0) is 95.9. The first-order valence-corrected chi connectivity index (χ1v) is 44.7. The lowest BCUT2D eigenvalue weighted by molar-refractivity contribution is -0.144. The maximum Gasteiger partial charge on any atom is 0.326 e. The van der Waals surface area contributed by atoms with E-state index in [1.807, 2.05) is 41.5 Å². The average Bonchev–Trinajstić information content (AvgIpc) is 1.66. The van der Waals surface area contributed by atoms with Gasteiger partial charge >= 0.3 is 11.9 Å². The maximum atomic E-state index is 15.1. The Morgan fingerprint density at radius 2 is 0.885 bits per heavy atom. The van der Waals surface area contributed by atoms with Crippen LogP contribution in [-0.4, -0.2) is 270 Å². The molecule has 714 valence electrons.